The van der Waals surface area contributed by atoms with Crippen LogP contribution in [-0.4, -0.2) is 50.6 Å². The van der Waals surface area contributed by atoms with Gasteiger partial charge in [-0.3, -0.25) is 0 Å². The van der Waals surface area contributed by atoms with Crippen molar-refractivity contribution < 1.29 is 16.8 Å². The zero-order valence-electron chi connectivity index (χ0n) is 25.9. The molecule has 0 radical (unpaired) electrons. The molecule has 10 heteroatoms. The maximum Gasteiger partial charge on any atom is 0.243 e. The van der Waals surface area contributed by atoms with Crippen molar-refractivity contribution in [1.82, 2.24) is 8.61 Å². The van der Waals surface area contributed by atoms with Crippen molar-refractivity contribution in [2.45, 2.75) is 113 Å². The Morgan fingerprint density at radius 2 is 0.886 bits per heavy atom. The zero-order valence-corrected chi connectivity index (χ0v) is 29.1. The Bertz CT molecular complexity index is 1390. The van der Waals surface area contributed by atoms with E-state index in [1.165, 1.54) is 0 Å². The van der Waals surface area contributed by atoms with Gasteiger partial charge in [-0.15, -0.1) is 0 Å². The SMILES string of the molecule is Cc1ccc(S(=O)(=O)N2CCC(Cl)=CC2CCCCCCCCCCC2C=C(Cl)CCN2S(=O)(=O)c2ccc(C)cc2)cc1. The lowest BCUT2D eigenvalue weighted by molar-refractivity contribution is 0.328. The predicted molar refractivity (Wildman–Crippen MR) is 181 cm³/mol. The lowest BCUT2D eigenvalue weighted by Gasteiger charge is -2.32. The Labute approximate surface area is 275 Å². The van der Waals surface area contributed by atoms with Crippen LogP contribution in [0.15, 0.2) is 80.5 Å². The number of unbranched alkanes of at least 4 members (excludes halogenated alkanes) is 7. The van der Waals surface area contributed by atoms with E-state index in [0.717, 1.165) is 85.4 Å². The minimum atomic E-state index is -3.57. The van der Waals surface area contributed by atoms with Gasteiger partial charge in [0.25, 0.3) is 0 Å². The molecule has 2 heterocycles. The third kappa shape index (κ3) is 9.43. The lowest BCUT2D eigenvalue weighted by atomic mass is 10.0. The molecule has 2 aromatic carbocycles. The number of hydrogen-bond acceptors (Lipinski definition) is 4. The molecule has 2 atom stereocenters. The van der Waals surface area contributed by atoms with E-state index in [0.29, 0.717) is 35.7 Å². The molecule has 2 aromatic rings. The van der Waals surface area contributed by atoms with E-state index in [1.807, 2.05) is 50.3 Å². The largest absolute Gasteiger partial charge is 0.243 e. The van der Waals surface area contributed by atoms with E-state index in [2.05, 4.69) is 0 Å². The van der Waals surface area contributed by atoms with Crippen molar-refractivity contribution in [3.63, 3.8) is 0 Å². The number of rotatable bonds is 15. The van der Waals surface area contributed by atoms with E-state index in [-0.39, 0.29) is 12.1 Å². The molecule has 0 bridgehead atoms. The molecule has 0 spiro atoms. The monoisotopic (exact) mass is 680 g/mol. The Hall–Kier alpha value is -1.68. The molecule has 0 N–H and O–H groups in total. The van der Waals surface area contributed by atoms with Crippen molar-refractivity contribution in [1.29, 1.82) is 0 Å². The van der Waals surface area contributed by atoms with Crippen molar-refractivity contribution in [3.05, 3.63) is 81.9 Å². The van der Waals surface area contributed by atoms with Crippen LogP contribution >= 0.6 is 23.2 Å². The third-order valence-electron chi connectivity index (χ3n) is 8.63. The standard InChI is InChI=1S/C34H46Cl2N2O4S2/c1-27-13-17-33(18-14-27)43(39,40)37-23-21-29(35)25-31(37)11-9-7-5-3-4-6-8-10-12-32-26-30(36)22-24-38(32)44(41,42)34-19-15-28(2)16-20-34/h13-20,25-26,31-32H,3-12,21-24H2,1-2H3. The summed E-state index contributed by atoms with van der Waals surface area (Å²) in [5.41, 5.74) is 2.06. The van der Waals surface area contributed by atoms with Crippen LogP contribution in [0.3, 0.4) is 0 Å². The first-order valence-corrected chi connectivity index (χ1v) is 19.5. The van der Waals surface area contributed by atoms with Gasteiger partial charge >= 0.3 is 0 Å². The van der Waals surface area contributed by atoms with E-state index in [9.17, 15) is 16.8 Å². The summed E-state index contributed by atoms with van der Waals surface area (Å²) < 4.78 is 56.6. The number of benzene rings is 2. The van der Waals surface area contributed by atoms with Crippen LogP contribution in [0.4, 0.5) is 0 Å². The van der Waals surface area contributed by atoms with Gasteiger partial charge in [-0.1, -0.05) is 122 Å². The fraction of sp³-hybridized carbons (Fsp3) is 0.529. The van der Waals surface area contributed by atoms with Gasteiger partial charge in [0.05, 0.1) is 9.79 Å². The minimum Gasteiger partial charge on any atom is -0.207 e. The van der Waals surface area contributed by atoms with Crippen LogP contribution < -0.4 is 0 Å². The second-order valence-corrected chi connectivity index (χ2v) is 16.9. The molecule has 44 heavy (non-hydrogen) atoms. The van der Waals surface area contributed by atoms with Gasteiger partial charge in [0, 0.05) is 35.2 Å². The molecule has 2 unspecified atom stereocenters. The molecule has 0 amide bonds. The molecule has 6 nitrogen and oxygen atoms in total. The van der Waals surface area contributed by atoms with Gasteiger partial charge in [-0.25, -0.2) is 16.8 Å². The summed E-state index contributed by atoms with van der Waals surface area (Å²) in [5, 5.41) is 1.49. The molecular formula is C34H46Cl2N2O4S2. The van der Waals surface area contributed by atoms with Crippen molar-refractivity contribution in [2.75, 3.05) is 13.1 Å². The van der Waals surface area contributed by atoms with Crippen LogP contribution in [0.1, 0.15) is 88.2 Å². The highest BCUT2D eigenvalue weighted by atomic mass is 35.5. The van der Waals surface area contributed by atoms with Crippen molar-refractivity contribution >= 4 is 43.2 Å². The fourth-order valence-corrected chi connectivity index (χ4v) is 9.70. The van der Waals surface area contributed by atoms with E-state index in [1.54, 1.807) is 32.9 Å². The highest BCUT2D eigenvalue weighted by Crippen LogP contribution is 2.31. The summed E-state index contributed by atoms with van der Waals surface area (Å²) >= 11 is 12.7. The van der Waals surface area contributed by atoms with Crippen LogP contribution in [-0.2, 0) is 20.0 Å². The summed E-state index contributed by atoms with van der Waals surface area (Å²) in [6.07, 6.45) is 15.0. The van der Waals surface area contributed by atoms with Gasteiger partial charge < -0.3 is 0 Å². The lowest BCUT2D eigenvalue weighted by Crippen LogP contribution is -2.42. The molecular weight excluding hydrogens is 635 g/mol. The molecule has 0 saturated heterocycles. The molecule has 0 aromatic heterocycles. The summed E-state index contributed by atoms with van der Waals surface area (Å²) in [4.78, 5) is 0.672. The van der Waals surface area contributed by atoms with E-state index in [4.69, 9.17) is 23.2 Å². The smallest absolute Gasteiger partial charge is 0.207 e. The summed E-state index contributed by atoms with van der Waals surface area (Å²) in [6, 6.07) is 13.7. The van der Waals surface area contributed by atoms with Gasteiger partial charge in [-0.2, -0.15) is 8.61 Å². The number of hydrogen-bond donors (Lipinski definition) is 0. The quantitative estimate of drug-likeness (QED) is 0.176. The minimum absolute atomic E-state index is 0.209. The number of halogens is 2. The first-order valence-electron chi connectivity index (χ1n) is 15.9. The molecule has 242 valence electrons. The molecule has 0 fully saturated rings. The van der Waals surface area contributed by atoms with Gasteiger partial charge in [0.2, 0.25) is 20.0 Å². The molecule has 2 aliphatic rings. The second-order valence-electron chi connectivity index (χ2n) is 12.1. The molecule has 0 aliphatic carbocycles. The average Bonchev–Trinajstić information content (AvgIpc) is 2.98. The van der Waals surface area contributed by atoms with Crippen LogP contribution in [0, 0.1) is 13.8 Å². The highest BCUT2D eigenvalue weighted by Gasteiger charge is 2.34. The fourth-order valence-electron chi connectivity index (χ4n) is 6.03. The van der Waals surface area contributed by atoms with Crippen molar-refractivity contribution in [2.24, 2.45) is 0 Å². The van der Waals surface area contributed by atoms with E-state index >= 15 is 0 Å². The van der Waals surface area contributed by atoms with Gasteiger partial charge in [0.15, 0.2) is 0 Å². The highest BCUT2D eigenvalue weighted by molar-refractivity contribution is 7.89. The Balaban J connectivity index is 1.16. The molecule has 2 aliphatic heterocycles. The van der Waals surface area contributed by atoms with Gasteiger partial charge in [-0.05, 0) is 63.8 Å². The predicted octanol–water partition coefficient (Wildman–Crippen LogP) is 8.68. The summed E-state index contributed by atoms with van der Waals surface area (Å²) in [7, 11) is -7.14. The van der Waals surface area contributed by atoms with Crippen molar-refractivity contribution in [3.8, 4) is 0 Å². The topological polar surface area (TPSA) is 74.8 Å². The van der Waals surface area contributed by atoms with E-state index < -0.39 is 20.0 Å². The third-order valence-corrected chi connectivity index (χ3v) is 13.1. The Morgan fingerprint density at radius 3 is 1.23 bits per heavy atom. The van der Waals surface area contributed by atoms with Gasteiger partial charge in [0.1, 0.15) is 0 Å². The average molecular weight is 682 g/mol. The second kappa shape index (κ2) is 16.2. The molecule has 4 rings (SSSR count). The Morgan fingerprint density at radius 1 is 0.568 bits per heavy atom. The zero-order chi connectivity index (χ0) is 31.7. The number of sulfonamides is 2. The maximum absolute atomic E-state index is 13.3. The number of aryl methyl sites for hydroxylation is 2. The van der Waals surface area contributed by atoms with Crippen LogP contribution in [0.25, 0.3) is 0 Å². The molecule has 0 saturated carbocycles. The first kappa shape index (κ1) is 35.2. The Kier molecular flexibility index (Phi) is 13.0. The van der Waals surface area contributed by atoms with Crippen LogP contribution in [0.5, 0.6) is 0 Å². The summed E-state index contributed by atoms with van der Waals surface area (Å²) in [5.74, 6) is 0. The first-order chi connectivity index (χ1) is 21.0. The normalized spacial score (nSPS) is 20.4. The maximum atomic E-state index is 13.3. The van der Waals surface area contributed by atoms with Crippen LogP contribution in [0.2, 0.25) is 0 Å². The summed E-state index contributed by atoms with van der Waals surface area (Å²) in [6.45, 7) is 4.72. The number of nitrogens with zero attached hydrogens (tertiary/aromatic N) is 2.